The van der Waals surface area contributed by atoms with Crippen molar-refractivity contribution >= 4 is 5.91 Å². The average Bonchev–Trinajstić information content (AvgIpc) is 2.87. The number of rotatable bonds is 5. The number of aliphatic hydroxyl groups is 1. The molecule has 106 valence electrons. The Bertz CT molecular complexity index is 581. The maximum atomic E-state index is 11.8. The average molecular weight is 273 g/mol. The van der Waals surface area contributed by atoms with E-state index in [1.165, 1.54) is 0 Å². The third-order valence-electron chi connectivity index (χ3n) is 2.96. The number of amides is 1. The van der Waals surface area contributed by atoms with Crippen LogP contribution in [0.1, 0.15) is 28.1 Å². The van der Waals surface area contributed by atoms with E-state index in [2.05, 4.69) is 11.4 Å². The van der Waals surface area contributed by atoms with E-state index in [-0.39, 0.29) is 18.3 Å². The molecule has 0 spiro atoms. The van der Waals surface area contributed by atoms with Crippen LogP contribution in [0.15, 0.2) is 34.7 Å². The minimum Gasteiger partial charge on any atom is -0.451 e. The lowest BCUT2D eigenvalue weighted by Gasteiger charge is -2.03. The smallest absolute Gasteiger partial charge is 0.287 e. The summed E-state index contributed by atoms with van der Waals surface area (Å²) >= 11 is 0. The van der Waals surface area contributed by atoms with E-state index in [9.17, 15) is 4.79 Å². The van der Waals surface area contributed by atoms with Crippen molar-refractivity contribution in [1.82, 2.24) is 5.32 Å². The summed E-state index contributed by atoms with van der Waals surface area (Å²) < 4.78 is 5.60. The van der Waals surface area contributed by atoms with Crippen LogP contribution in [0.5, 0.6) is 0 Å². The van der Waals surface area contributed by atoms with Crippen molar-refractivity contribution in [3.8, 4) is 11.3 Å². The highest BCUT2D eigenvalue weighted by molar-refractivity contribution is 5.92. The Morgan fingerprint density at radius 3 is 2.55 bits per heavy atom. The zero-order chi connectivity index (χ0) is 14.5. The topological polar surface area (TPSA) is 62.5 Å². The van der Waals surface area contributed by atoms with Crippen LogP contribution in [0.4, 0.5) is 0 Å². The van der Waals surface area contributed by atoms with Gasteiger partial charge in [0.1, 0.15) is 5.76 Å². The first kappa shape index (κ1) is 14.3. The van der Waals surface area contributed by atoms with E-state index < -0.39 is 0 Å². The fourth-order valence-corrected chi connectivity index (χ4v) is 2.10. The van der Waals surface area contributed by atoms with Crippen LogP contribution in [0.25, 0.3) is 11.3 Å². The van der Waals surface area contributed by atoms with Crippen molar-refractivity contribution in [2.75, 3.05) is 13.2 Å². The van der Waals surface area contributed by atoms with Gasteiger partial charge in [-0.1, -0.05) is 17.2 Å². The van der Waals surface area contributed by atoms with Gasteiger partial charge in [0.25, 0.3) is 5.91 Å². The molecule has 0 fully saturated rings. The zero-order valence-electron chi connectivity index (χ0n) is 11.8. The lowest BCUT2D eigenvalue weighted by atomic mass is 10.1. The van der Waals surface area contributed by atoms with Gasteiger partial charge in [0.15, 0.2) is 5.76 Å². The van der Waals surface area contributed by atoms with Crippen molar-refractivity contribution in [3.05, 3.63) is 47.2 Å². The summed E-state index contributed by atoms with van der Waals surface area (Å²) in [6.07, 6.45) is 0.538. The predicted molar refractivity (Wildman–Crippen MR) is 77.7 cm³/mol. The standard InChI is InChI=1S/C16H19NO3/c1-11-8-12(2)10-13(9-11)14-4-5-15(20-14)16(19)17-6-3-7-18/h4-5,8-10,18H,3,6-7H2,1-2H3,(H,17,19). The number of carbonyl (C=O) groups is 1. The normalized spacial score (nSPS) is 10.6. The van der Waals surface area contributed by atoms with Gasteiger partial charge in [-0.2, -0.15) is 0 Å². The molecular formula is C16H19NO3. The summed E-state index contributed by atoms with van der Waals surface area (Å²) in [6, 6.07) is 9.62. The summed E-state index contributed by atoms with van der Waals surface area (Å²) in [7, 11) is 0. The Morgan fingerprint density at radius 1 is 1.20 bits per heavy atom. The number of aryl methyl sites for hydroxylation is 2. The Balaban J connectivity index is 2.14. The fourth-order valence-electron chi connectivity index (χ4n) is 2.10. The van der Waals surface area contributed by atoms with Crippen LogP contribution < -0.4 is 5.32 Å². The van der Waals surface area contributed by atoms with E-state index in [1.54, 1.807) is 12.1 Å². The summed E-state index contributed by atoms with van der Waals surface area (Å²) in [5.41, 5.74) is 3.28. The van der Waals surface area contributed by atoms with Gasteiger partial charge in [-0.15, -0.1) is 0 Å². The summed E-state index contributed by atoms with van der Waals surface area (Å²) in [5, 5.41) is 11.4. The molecule has 20 heavy (non-hydrogen) atoms. The number of benzene rings is 1. The van der Waals surface area contributed by atoms with Crippen molar-refractivity contribution in [2.24, 2.45) is 0 Å². The molecule has 1 aromatic carbocycles. The number of nitrogens with one attached hydrogen (secondary N) is 1. The number of aliphatic hydroxyl groups excluding tert-OH is 1. The van der Waals surface area contributed by atoms with Crippen molar-refractivity contribution in [3.63, 3.8) is 0 Å². The van der Waals surface area contributed by atoms with Crippen molar-refractivity contribution in [1.29, 1.82) is 0 Å². The molecule has 0 aliphatic rings. The molecule has 2 rings (SSSR count). The van der Waals surface area contributed by atoms with Crippen LogP contribution >= 0.6 is 0 Å². The van der Waals surface area contributed by atoms with Gasteiger partial charge < -0.3 is 14.8 Å². The van der Waals surface area contributed by atoms with Crippen LogP contribution in [0, 0.1) is 13.8 Å². The molecule has 0 atom stereocenters. The van der Waals surface area contributed by atoms with Gasteiger partial charge in [-0.05, 0) is 44.5 Å². The largest absolute Gasteiger partial charge is 0.451 e. The van der Waals surface area contributed by atoms with Crippen molar-refractivity contribution in [2.45, 2.75) is 20.3 Å². The molecule has 0 aliphatic heterocycles. The highest BCUT2D eigenvalue weighted by Gasteiger charge is 2.12. The molecule has 0 unspecified atom stereocenters. The second kappa shape index (κ2) is 6.39. The van der Waals surface area contributed by atoms with E-state index in [4.69, 9.17) is 9.52 Å². The van der Waals surface area contributed by atoms with E-state index in [0.717, 1.165) is 16.7 Å². The van der Waals surface area contributed by atoms with Crippen molar-refractivity contribution < 1.29 is 14.3 Å². The predicted octanol–water partition coefficient (Wildman–Crippen LogP) is 2.68. The SMILES string of the molecule is Cc1cc(C)cc(-c2ccc(C(=O)NCCCO)o2)c1. The van der Waals surface area contributed by atoms with Crippen LogP contribution in [-0.4, -0.2) is 24.2 Å². The molecule has 1 aromatic heterocycles. The summed E-state index contributed by atoms with van der Waals surface area (Å²) in [5.74, 6) is 0.718. The first-order valence-corrected chi connectivity index (χ1v) is 6.67. The quantitative estimate of drug-likeness (QED) is 0.823. The third-order valence-corrected chi connectivity index (χ3v) is 2.96. The zero-order valence-corrected chi connectivity index (χ0v) is 11.8. The molecular weight excluding hydrogens is 254 g/mol. The monoisotopic (exact) mass is 273 g/mol. The minimum atomic E-state index is -0.255. The first-order valence-electron chi connectivity index (χ1n) is 6.67. The molecule has 1 amide bonds. The lowest BCUT2D eigenvalue weighted by molar-refractivity contribution is 0.0924. The summed E-state index contributed by atoms with van der Waals surface area (Å²) in [6.45, 7) is 4.56. The number of hydrogen-bond donors (Lipinski definition) is 2. The Kier molecular flexibility index (Phi) is 4.58. The van der Waals surface area contributed by atoms with Gasteiger partial charge in [-0.25, -0.2) is 0 Å². The van der Waals surface area contributed by atoms with E-state index in [1.807, 2.05) is 26.0 Å². The molecule has 0 saturated carbocycles. The first-order chi connectivity index (χ1) is 9.60. The Labute approximate surface area is 118 Å². The number of furan rings is 1. The highest BCUT2D eigenvalue weighted by Crippen LogP contribution is 2.24. The molecule has 1 heterocycles. The second-order valence-corrected chi connectivity index (χ2v) is 4.87. The van der Waals surface area contributed by atoms with E-state index >= 15 is 0 Å². The van der Waals surface area contributed by atoms with Gasteiger partial charge in [0.05, 0.1) is 0 Å². The van der Waals surface area contributed by atoms with Crippen LogP contribution in [-0.2, 0) is 0 Å². The van der Waals surface area contributed by atoms with Crippen LogP contribution in [0.3, 0.4) is 0 Å². The number of hydrogen-bond acceptors (Lipinski definition) is 3. The summed E-state index contributed by atoms with van der Waals surface area (Å²) in [4.78, 5) is 11.8. The van der Waals surface area contributed by atoms with Gasteiger partial charge in [-0.3, -0.25) is 4.79 Å². The van der Waals surface area contributed by atoms with Gasteiger partial charge in [0, 0.05) is 18.7 Å². The molecule has 0 saturated heterocycles. The molecule has 4 heteroatoms. The Hall–Kier alpha value is -2.07. The van der Waals surface area contributed by atoms with Crippen LogP contribution in [0.2, 0.25) is 0 Å². The molecule has 0 radical (unpaired) electrons. The van der Waals surface area contributed by atoms with E-state index in [0.29, 0.717) is 18.7 Å². The molecule has 4 nitrogen and oxygen atoms in total. The van der Waals surface area contributed by atoms with Gasteiger partial charge in [0.2, 0.25) is 0 Å². The lowest BCUT2D eigenvalue weighted by Crippen LogP contribution is -2.24. The maximum absolute atomic E-state index is 11.8. The highest BCUT2D eigenvalue weighted by atomic mass is 16.3. The molecule has 0 bridgehead atoms. The number of carbonyl (C=O) groups excluding carboxylic acids is 1. The van der Waals surface area contributed by atoms with Gasteiger partial charge >= 0.3 is 0 Å². The third kappa shape index (κ3) is 3.48. The molecule has 2 aromatic rings. The fraction of sp³-hybridized carbons (Fsp3) is 0.312. The molecule has 0 aliphatic carbocycles. The minimum absolute atomic E-state index is 0.0618. The Morgan fingerprint density at radius 2 is 1.90 bits per heavy atom. The maximum Gasteiger partial charge on any atom is 0.287 e. The molecule has 2 N–H and O–H groups in total. The second-order valence-electron chi connectivity index (χ2n) is 4.87.